The van der Waals surface area contributed by atoms with E-state index < -0.39 is 11.9 Å². The zero-order valence-corrected chi connectivity index (χ0v) is 15.2. The Morgan fingerprint density at radius 3 is 2.56 bits per heavy atom. The van der Waals surface area contributed by atoms with Gasteiger partial charge in [0.2, 0.25) is 0 Å². The lowest BCUT2D eigenvalue weighted by molar-refractivity contribution is -0.124. The highest BCUT2D eigenvalue weighted by atomic mass is 79.9. The molecule has 0 atom stereocenters. The summed E-state index contributed by atoms with van der Waals surface area (Å²) in [6, 6.07) is 14.1. The van der Waals surface area contributed by atoms with Gasteiger partial charge in [-0.1, -0.05) is 18.2 Å². The van der Waals surface area contributed by atoms with Crippen LogP contribution in [-0.2, 0) is 9.53 Å². The zero-order valence-electron chi connectivity index (χ0n) is 13.7. The van der Waals surface area contributed by atoms with Crippen molar-refractivity contribution in [3.8, 4) is 11.5 Å². The molecule has 0 radical (unpaired) electrons. The SMILES string of the molecule is COc1ccc(C(=O)OCC(=O)NCCOc2ccccc2)cc1Br. The van der Waals surface area contributed by atoms with Crippen molar-refractivity contribution in [1.29, 1.82) is 0 Å². The molecule has 0 aliphatic heterocycles. The first-order valence-electron chi connectivity index (χ1n) is 7.55. The Bertz CT molecular complexity index is 721. The molecule has 0 aromatic heterocycles. The fourth-order valence-corrected chi connectivity index (χ4v) is 2.48. The van der Waals surface area contributed by atoms with Gasteiger partial charge in [-0.3, -0.25) is 4.79 Å². The van der Waals surface area contributed by atoms with Gasteiger partial charge in [-0.05, 0) is 46.3 Å². The minimum Gasteiger partial charge on any atom is -0.496 e. The van der Waals surface area contributed by atoms with Crippen LogP contribution in [0.3, 0.4) is 0 Å². The Morgan fingerprint density at radius 2 is 1.88 bits per heavy atom. The lowest BCUT2D eigenvalue weighted by atomic mass is 10.2. The smallest absolute Gasteiger partial charge is 0.338 e. The van der Waals surface area contributed by atoms with Gasteiger partial charge in [-0.2, -0.15) is 0 Å². The minimum absolute atomic E-state index is 0.319. The third-order valence-corrected chi connectivity index (χ3v) is 3.78. The van der Waals surface area contributed by atoms with Gasteiger partial charge in [0.1, 0.15) is 18.1 Å². The fraction of sp³-hybridized carbons (Fsp3) is 0.222. The van der Waals surface area contributed by atoms with Gasteiger partial charge in [0, 0.05) is 0 Å². The zero-order chi connectivity index (χ0) is 18.1. The van der Waals surface area contributed by atoms with Crippen molar-refractivity contribution >= 4 is 27.8 Å². The van der Waals surface area contributed by atoms with E-state index in [-0.39, 0.29) is 6.61 Å². The highest BCUT2D eigenvalue weighted by molar-refractivity contribution is 9.10. The fourth-order valence-electron chi connectivity index (χ4n) is 1.93. The molecule has 0 saturated heterocycles. The number of ether oxygens (including phenoxy) is 3. The van der Waals surface area contributed by atoms with Crippen molar-refractivity contribution in [3.63, 3.8) is 0 Å². The van der Waals surface area contributed by atoms with Gasteiger partial charge in [-0.25, -0.2) is 4.79 Å². The van der Waals surface area contributed by atoms with Gasteiger partial charge in [0.15, 0.2) is 6.61 Å². The summed E-state index contributed by atoms with van der Waals surface area (Å²) < 4.78 is 16.1. The Morgan fingerprint density at radius 1 is 1.12 bits per heavy atom. The van der Waals surface area contributed by atoms with E-state index in [1.807, 2.05) is 30.3 Å². The number of carbonyl (C=O) groups excluding carboxylic acids is 2. The molecular weight excluding hydrogens is 390 g/mol. The Hall–Kier alpha value is -2.54. The number of rotatable bonds is 8. The lowest BCUT2D eigenvalue weighted by Gasteiger charge is -2.09. The van der Waals surface area contributed by atoms with E-state index in [1.165, 1.54) is 7.11 Å². The molecule has 1 amide bonds. The Balaban J connectivity index is 1.69. The molecule has 0 saturated carbocycles. The standard InChI is InChI=1S/C18H18BrNO5/c1-23-16-8-7-13(11-15(16)19)18(22)25-12-17(21)20-9-10-24-14-5-3-2-4-6-14/h2-8,11H,9-10,12H2,1H3,(H,20,21). The number of para-hydroxylation sites is 1. The minimum atomic E-state index is -0.584. The predicted octanol–water partition coefficient (Wildman–Crippen LogP) is 2.81. The van der Waals surface area contributed by atoms with Crippen LogP contribution in [0.4, 0.5) is 0 Å². The van der Waals surface area contributed by atoms with Crippen LogP contribution in [-0.4, -0.2) is 38.7 Å². The highest BCUT2D eigenvalue weighted by Crippen LogP contribution is 2.25. The summed E-state index contributed by atoms with van der Waals surface area (Å²) in [5, 5.41) is 2.62. The summed E-state index contributed by atoms with van der Waals surface area (Å²) in [7, 11) is 1.53. The third kappa shape index (κ3) is 6.11. The molecule has 0 aliphatic carbocycles. The first-order chi connectivity index (χ1) is 12.1. The largest absolute Gasteiger partial charge is 0.496 e. The molecule has 25 heavy (non-hydrogen) atoms. The molecule has 0 spiro atoms. The molecule has 6 nitrogen and oxygen atoms in total. The van der Waals surface area contributed by atoms with Crippen molar-refractivity contribution < 1.29 is 23.8 Å². The second-order valence-electron chi connectivity index (χ2n) is 4.94. The van der Waals surface area contributed by atoms with Crippen LogP contribution in [0.5, 0.6) is 11.5 Å². The summed E-state index contributed by atoms with van der Waals surface area (Å²) in [6.07, 6.45) is 0. The van der Waals surface area contributed by atoms with Crippen molar-refractivity contribution in [1.82, 2.24) is 5.32 Å². The average molecular weight is 408 g/mol. The van der Waals surface area contributed by atoms with Gasteiger partial charge >= 0.3 is 5.97 Å². The summed E-state index contributed by atoms with van der Waals surface area (Å²) in [5.74, 6) is 0.359. The summed E-state index contributed by atoms with van der Waals surface area (Å²) in [4.78, 5) is 23.6. The molecule has 1 N–H and O–H groups in total. The van der Waals surface area contributed by atoms with Gasteiger partial charge in [0.25, 0.3) is 5.91 Å². The monoisotopic (exact) mass is 407 g/mol. The first-order valence-corrected chi connectivity index (χ1v) is 8.34. The van der Waals surface area contributed by atoms with Crippen LogP contribution in [0.15, 0.2) is 53.0 Å². The molecule has 132 valence electrons. The van der Waals surface area contributed by atoms with E-state index in [0.717, 1.165) is 5.75 Å². The molecule has 0 unspecified atom stereocenters. The third-order valence-electron chi connectivity index (χ3n) is 3.16. The summed E-state index contributed by atoms with van der Waals surface area (Å²) in [5.41, 5.74) is 0.327. The van der Waals surface area contributed by atoms with Crippen molar-refractivity contribution in [3.05, 3.63) is 58.6 Å². The van der Waals surface area contributed by atoms with E-state index in [0.29, 0.717) is 28.9 Å². The maximum absolute atomic E-state index is 11.9. The predicted molar refractivity (Wildman–Crippen MR) is 95.9 cm³/mol. The number of esters is 1. The topological polar surface area (TPSA) is 73.9 Å². The summed E-state index contributed by atoms with van der Waals surface area (Å²) in [6.45, 7) is 0.294. The lowest BCUT2D eigenvalue weighted by Crippen LogP contribution is -2.32. The number of hydrogen-bond acceptors (Lipinski definition) is 5. The molecule has 2 rings (SSSR count). The van der Waals surface area contributed by atoms with Crippen molar-refractivity contribution in [2.75, 3.05) is 26.9 Å². The maximum Gasteiger partial charge on any atom is 0.338 e. The van der Waals surface area contributed by atoms with E-state index in [2.05, 4.69) is 21.2 Å². The van der Waals surface area contributed by atoms with E-state index in [9.17, 15) is 9.59 Å². The van der Waals surface area contributed by atoms with Crippen molar-refractivity contribution in [2.45, 2.75) is 0 Å². The van der Waals surface area contributed by atoms with Crippen LogP contribution in [0, 0.1) is 0 Å². The van der Waals surface area contributed by atoms with Crippen LogP contribution in [0.25, 0.3) is 0 Å². The second kappa shape index (κ2) is 9.68. The highest BCUT2D eigenvalue weighted by Gasteiger charge is 2.12. The van der Waals surface area contributed by atoms with Crippen LogP contribution >= 0.6 is 15.9 Å². The number of amides is 1. The Labute approximate surface area is 154 Å². The molecule has 7 heteroatoms. The number of benzene rings is 2. The molecular formula is C18H18BrNO5. The number of nitrogens with one attached hydrogen (secondary N) is 1. The molecule has 2 aromatic rings. The molecule has 0 fully saturated rings. The van der Waals surface area contributed by atoms with Crippen LogP contribution in [0.1, 0.15) is 10.4 Å². The number of halogens is 1. The second-order valence-corrected chi connectivity index (χ2v) is 5.79. The summed E-state index contributed by atoms with van der Waals surface area (Å²) >= 11 is 3.29. The van der Waals surface area contributed by atoms with Crippen molar-refractivity contribution in [2.24, 2.45) is 0 Å². The first kappa shape index (κ1) is 18.8. The van der Waals surface area contributed by atoms with Crippen LogP contribution < -0.4 is 14.8 Å². The molecule has 0 bridgehead atoms. The quantitative estimate of drug-likeness (QED) is 0.537. The number of methoxy groups -OCH3 is 1. The van der Waals surface area contributed by atoms with Gasteiger partial charge < -0.3 is 19.5 Å². The van der Waals surface area contributed by atoms with E-state index >= 15 is 0 Å². The van der Waals surface area contributed by atoms with E-state index in [4.69, 9.17) is 14.2 Å². The molecule has 0 heterocycles. The average Bonchev–Trinajstić information content (AvgIpc) is 2.64. The van der Waals surface area contributed by atoms with Crippen LogP contribution in [0.2, 0.25) is 0 Å². The van der Waals surface area contributed by atoms with Gasteiger partial charge in [0.05, 0.1) is 23.7 Å². The Kier molecular flexibility index (Phi) is 7.28. The molecule has 0 aliphatic rings. The molecule has 2 aromatic carbocycles. The number of carbonyl (C=O) groups is 2. The normalized spacial score (nSPS) is 10.0. The van der Waals surface area contributed by atoms with E-state index in [1.54, 1.807) is 18.2 Å². The van der Waals surface area contributed by atoms with Gasteiger partial charge in [-0.15, -0.1) is 0 Å². The number of hydrogen-bond donors (Lipinski definition) is 1. The maximum atomic E-state index is 11.9.